The van der Waals surface area contributed by atoms with Crippen molar-refractivity contribution in [2.24, 2.45) is 10.4 Å². The van der Waals surface area contributed by atoms with E-state index in [1.807, 2.05) is 20.1 Å². The lowest BCUT2D eigenvalue weighted by Crippen LogP contribution is -2.07. The number of rotatable bonds is 2. The number of nitrogens with zero attached hydrogens (tertiary/aromatic N) is 1. The van der Waals surface area contributed by atoms with Gasteiger partial charge in [-0.2, -0.15) is 0 Å². The minimum atomic E-state index is 0.138. The van der Waals surface area contributed by atoms with Crippen LogP contribution in [-0.4, -0.2) is 6.21 Å². The second-order valence-corrected chi connectivity index (χ2v) is 4.21. The molecule has 1 nitrogen and oxygen atoms in total. The molecule has 0 fully saturated rings. The largest absolute Gasteiger partial charge is 0.261 e. The molecule has 0 rings (SSSR count). The molecule has 0 aliphatic heterocycles. The van der Waals surface area contributed by atoms with Gasteiger partial charge in [-0.3, -0.25) is 4.99 Å². The third-order valence-electron chi connectivity index (χ3n) is 1.90. The van der Waals surface area contributed by atoms with Gasteiger partial charge in [-0.15, -0.1) is 0 Å². The fourth-order valence-corrected chi connectivity index (χ4v) is 0.947. The molecule has 0 N–H and O–H groups in total. The van der Waals surface area contributed by atoms with Crippen molar-refractivity contribution in [2.45, 2.75) is 41.5 Å². The maximum atomic E-state index is 4.45. The Bertz CT molecular complexity index is 236. The molecule has 0 radical (unpaired) electrons. The Labute approximate surface area is 82.3 Å². The summed E-state index contributed by atoms with van der Waals surface area (Å²) in [5.41, 5.74) is 2.47. The zero-order valence-corrected chi connectivity index (χ0v) is 9.68. The van der Waals surface area contributed by atoms with Gasteiger partial charge in [0.15, 0.2) is 0 Å². The summed E-state index contributed by atoms with van der Waals surface area (Å²) in [5, 5.41) is 0. The zero-order valence-electron chi connectivity index (χ0n) is 9.68. The van der Waals surface area contributed by atoms with Crippen LogP contribution in [0.3, 0.4) is 0 Å². The molecule has 0 saturated carbocycles. The molecule has 0 aromatic carbocycles. The molecule has 0 heterocycles. The Hall–Kier alpha value is -0.850. The van der Waals surface area contributed by atoms with Crippen molar-refractivity contribution in [1.82, 2.24) is 0 Å². The van der Waals surface area contributed by atoms with E-state index in [1.54, 1.807) is 0 Å². The van der Waals surface area contributed by atoms with Gasteiger partial charge in [-0.05, 0) is 26.3 Å². The minimum Gasteiger partial charge on any atom is -0.261 e. The number of hydrogen-bond donors (Lipinski definition) is 0. The van der Waals surface area contributed by atoms with Crippen LogP contribution >= 0.6 is 0 Å². The lowest BCUT2D eigenvalue weighted by molar-refractivity contribution is 0.498. The number of allylic oxidation sites excluding steroid dienone is 4. The van der Waals surface area contributed by atoms with Crippen LogP contribution in [0.15, 0.2) is 28.4 Å². The molecule has 0 amide bonds. The molecule has 0 unspecified atom stereocenters. The van der Waals surface area contributed by atoms with E-state index in [4.69, 9.17) is 0 Å². The van der Waals surface area contributed by atoms with Crippen molar-refractivity contribution in [1.29, 1.82) is 0 Å². The Morgan fingerprint density at radius 3 is 1.92 bits per heavy atom. The van der Waals surface area contributed by atoms with Gasteiger partial charge >= 0.3 is 0 Å². The highest BCUT2D eigenvalue weighted by Crippen LogP contribution is 2.25. The van der Waals surface area contributed by atoms with Crippen LogP contribution in [0.25, 0.3) is 0 Å². The summed E-state index contributed by atoms with van der Waals surface area (Å²) < 4.78 is 0. The Kier molecular flexibility index (Phi) is 4.68. The summed E-state index contributed by atoms with van der Waals surface area (Å²) in [6.07, 6.45) is 6.04. The average molecular weight is 179 g/mol. The normalized spacial score (nSPS) is 15.5. The molecule has 13 heavy (non-hydrogen) atoms. The topological polar surface area (TPSA) is 12.4 Å². The molecular weight excluding hydrogens is 158 g/mol. The lowest BCUT2D eigenvalue weighted by Gasteiger charge is -2.18. The fourth-order valence-electron chi connectivity index (χ4n) is 0.947. The maximum Gasteiger partial charge on any atom is 0.0414 e. The highest BCUT2D eigenvalue weighted by atomic mass is 14.8. The Morgan fingerprint density at radius 2 is 1.62 bits per heavy atom. The first-order valence-corrected chi connectivity index (χ1v) is 4.75. The summed E-state index contributed by atoms with van der Waals surface area (Å²) in [6.45, 7) is 12.6. The van der Waals surface area contributed by atoms with Crippen LogP contribution in [0, 0.1) is 5.41 Å². The molecule has 0 saturated heterocycles. The Balaban J connectivity index is 4.60. The summed E-state index contributed by atoms with van der Waals surface area (Å²) in [6, 6.07) is 0. The highest BCUT2D eigenvalue weighted by molar-refractivity contribution is 5.78. The molecule has 0 aliphatic rings. The van der Waals surface area contributed by atoms with Gasteiger partial charge in [-0.25, -0.2) is 0 Å². The summed E-state index contributed by atoms with van der Waals surface area (Å²) in [7, 11) is 0. The van der Waals surface area contributed by atoms with E-state index in [0.717, 1.165) is 5.70 Å². The fraction of sp³-hybridized carbons (Fsp3) is 0.583. The van der Waals surface area contributed by atoms with Gasteiger partial charge in [0, 0.05) is 17.3 Å². The van der Waals surface area contributed by atoms with Gasteiger partial charge in [0.05, 0.1) is 0 Å². The van der Waals surface area contributed by atoms with Gasteiger partial charge in [0.1, 0.15) is 0 Å². The van der Waals surface area contributed by atoms with Crippen molar-refractivity contribution < 1.29 is 0 Å². The quantitative estimate of drug-likeness (QED) is 0.569. The summed E-state index contributed by atoms with van der Waals surface area (Å²) >= 11 is 0. The van der Waals surface area contributed by atoms with Gasteiger partial charge in [0.2, 0.25) is 0 Å². The standard InChI is InChI=1S/C12H21N/c1-7-10(3)9-13-11(8-2)12(4,5)6/h7-9H,1-6H3/b10-7-,11-8-,13-9-. The van der Waals surface area contributed by atoms with Crippen LogP contribution in [0.5, 0.6) is 0 Å². The Morgan fingerprint density at radius 1 is 1.08 bits per heavy atom. The molecule has 0 atom stereocenters. The van der Waals surface area contributed by atoms with Crippen LogP contribution in [0.1, 0.15) is 41.5 Å². The van der Waals surface area contributed by atoms with E-state index < -0.39 is 0 Å². The van der Waals surface area contributed by atoms with Crippen LogP contribution in [-0.2, 0) is 0 Å². The lowest BCUT2D eigenvalue weighted by atomic mass is 9.92. The van der Waals surface area contributed by atoms with Crippen molar-refractivity contribution in [3.05, 3.63) is 23.4 Å². The van der Waals surface area contributed by atoms with E-state index in [1.165, 1.54) is 5.57 Å². The molecule has 0 aromatic rings. The van der Waals surface area contributed by atoms with E-state index in [0.29, 0.717) is 0 Å². The van der Waals surface area contributed by atoms with Crippen LogP contribution in [0.4, 0.5) is 0 Å². The first kappa shape index (κ1) is 12.2. The smallest absolute Gasteiger partial charge is 0.0414 e. The number of hydrogen-bond acceptors (Lipinski definition) is 1. The molecule has 0 aliphatic carbocycles. The molecular formula is C12H21N. The summed E-state index contributed by atoms with van der Waals surface area (Å²) in [4.78, 5) is 4.45. The van der Waals surface area contributed by atoms with Crippen LogP contribution in [0.2, 0.25) is 0 Å². The third kappa shape index (κ3) is 4.66. The van der Waals surface area contributed by atoms with Crippen molar-refractivity contribution in [3.8, 4) is 0 Å². The molecule has 0 spiro atoms. The maximum absolute atomic E-state index is 4.45. The minimum absolute atomic E-state index is 0.138. The summed E-state index contributed by atoms with van der Waals surface area (Å²) in [5.74, 6) is 0. The number of aliphatic imine (C=N–C) groups is 1. The van der Waals surface area contributed by atoms with E-state index in [9.17, 15) is 0 Å². The second kappa shape index (κ2) is 5.00. The third-order valence-corrected chi connectivity index (χ3v) is 1.90. The van der Waals surface area contributed by atoms with Crippen molar-refractivity contribution >= 4 is 6.21 Å². The second-order valence-electron chi connectivity index (χ2n) is 4.21. The highest BCUT2D eigenvalue weighted by Gasteiger charge is 2.14. The molecule has 0 aromatic heterocycles. The average Bonchev–Trinajstić information content (AvgIpc) is 2.02. The molecule has 1 heteroatoms. The zero-order chi connectivity index (χ0) is 10.5. The molecule has 0 bridgehead atoms. The van der Waals surface area contributed by atoms with Crippen molar-refractivity contribution in [3.63, 3.8) is 0 Å². The predicted octanol–water partition coefficient (Wildman–Crippen LogP) is 3.97. The van der Waals surface area contributed by atoms with Gasteiger partial charge in [0.25, 0.3) is 0 Å². The van der Waals surface area contributed by atoms with Crippen LogP contribution < -0.4 is 0 Å². The van der Waals surface area contributed by atoms with Gasteiger partial charge < -0.3 is 0 Å². The van der Waals surface area contributed by atoms with E-state index in [2.05, 4.69) is 44.8 Å². The van der Waals surface area contributed by atoms with Gasteiger partial charge in [-0.1, -0.05) is 32.9 Å². The van der Waals surface area contributed by atoms with E-state index in [-0.39, 0.29) is 5.41 Å². The predicted molar refractivity (Wildman–Crippen MR) is 61.1 cm³/mol. The van der Waals surface area contributed by atoms with Crippen molar-refractivity contribution in [2.75, 3.05) is 0 Å². The van der Waals surface area contributed by atoms with E-state index >= 15 is 0 Å². The SMILES string of the molecule is C\C=C(C)/C=N\C(=C/C)C(C)(C)C. The first-order valence-electron chi connectivity index (χ1n) is 4.75. The first-order chi connectivity index (χ1) is 5.91. The monoisotopic (exact) mass is 179 g/mol. The molecule has 74 valence electrons.